The number of sulfonamides is 1. The Balaban J connectivity index is 2.40. The normalized spacial score (nSPS) is 12.1. The van der Waals surface area contributed by atoms with Gasteiger partial charge >= 0.3 is 0 Å². The molecule has 1 aromatic heterocycles. The number of aryl methyl sites for hydroxylation is 3. The second kappa shape index (κ2) is 5.98. The number of rotatable bonds is 4. The summed E-state index contributed by atoms with van der Waals surface area (Å²) in [6.45, 7) is 5.03. The van der Waals surface area contributed by atoms with Gasteiger partial charge in [0.2, 0.25) is 10.0 Å². The van der Waals surface area contributed by atoms with E-state index in [2.05, 4.69) is 5.16 Å². The minimum Gasteiger partial charge on any atom is -0.361 e. The van der Waals surface area contributed by atoms with Crippen LogP contribution in [0.5, 0.6) is 0 Å². The highest BCUT2D eigenvalue weighted by molar-refractivity contribution is 7.89. The van der Waals surface area contributed by atoms with E-state index >= 15 is 0 Å². The monoisotopic (exact) mass is 346 g/mol. The molecule has 1 aromatic carbocycles. The highest BCUT2D eigenvalue weighted by atomic mass is 35.5. The number of nitrogens with zero attached hydrogens (tertiary/aromatic N) is 2. The van der Waals surface area contributed by atoms with Crippen LogP contribution in [0.15, 0.2) is 21.6 Å². The van der Waals surface area contributed by atoms with Crippen molar-refractivity contribution in [3.8, 4) is 0 Å². The van der Waals surface area contributed by atoms with E-state index in [0.717, 1.165) is 10.4 Å². The maximum Gasteiger partial charge on any atom is 0.244 e. The van der Waals surface area contributed by atoms with E-state index in [9.17, 15) is 12.8 Å². The molecule has 5 nitrogen and oxygen atoms in total. The predicted molar refractivity (Wildman–Crippen MR) is 80.8 cm³/mol. The molecule has 2 aromatic rings. The molecule has 0 unspecified atom stereocenters. The molecule has 0 saturated carbocycles. The van der Waals surface area contributed by atoms with Crippen LogP contribution in [0, 0.1) is 26.6 Å². The first-order chi connectivity index (χ1) is 10.1. The minimum atomic E-state index is -3.85. The van der Waals surface area contributed by atoms with Gasteiger partial charge in [0.1, 0.15) is 16.5 Å². The molecular weight excluding hydrogens is 331 g/mol. The third kappa shape index (κ3) is 3.02. The van der Waals surface area contributed by atoms with Gasteiger partial charge in [-0.25, -0.2) is 12.8 Å². The Morgan fingerprint density at radius 2 is 1.95 bits per heavy atom. The SMILES string of the molecule is Cc1cc(S(=O)(=O)N(C)Cc2c(C)noc2C)c(Cl)cc1F. The van der Waals surface area contributed by atoms with Crippen molar-refractivity contribution >= 4 is 21.6 Å². The van der Waals surface area contributed by atoms with E-state index in [1.54, 1.807) is 13.8 Å². The lowest BCUT2D eigenvalue weighted by Crippen LogP contribution is -2.27. The minimum absolute atomic E-state index is 0.0935. The van der Waals surface area contributed by atoms with Crippen molar-refractivity contribution in [2.24, 2.45) is 0 Å². The number of hydrogen-bond donors (Lipinski definition) is 0. The molecule has 2 rings (SSSR count). The van der Waals surface area contributed by atoms with Gasteiger partial charge in [-0.05, 0) is 38.5 Å². The van der Waals surface area contributed by atoms with E-state index in [4.69, 9.17) is 16.1 Å². The molecular formula is C14H16ClFN2O3S. The first-order valence-corrected chi connectivity index (χ1v) is 8.30. The zero-order valence-corrected chi connectivity index (χ0v) is 14.2. The molecule has 0 amide bonds. The first-order valence-electron chi connectivity index (χ1n) is 6.48. The Labute approximate surface area is 133 Å². The molecule has 22 heavy (non-hydrogen) atoms. The zero-order valence-electron chi connectivity index (χ0n) is 12.6. The Morgan fingerprint density at radius 3 is 2.50 bits per heavy atom. The van der Waals surface area contributed by atoms with Crippen LogP contribution in [0.1, 0.15) is 22.6 Å². The van der Waals surface area contributed by atoms with Gasteiger partial charge < -0.3 is 4.52 Å². The van der Waals surface area contributed by atoms with Crippen LogP contribution in [0.4, 0.5) is 4.39 Å². The molecule has 0 atom stereocenters. The summed E-state index contributed by atoms with van der Waals surface area (Å²) in [4.78, 5) is -0.123. The van der Waals surface area contributed by atoms with Crippen LogP contribution < -0.4 is 0 Å². The van der Waals surface area contributed by atoms with Gasteiger partial charge in [-0.2, -0.15) is 4.31 Å². The number of aromatic nitrogens is 1. The van der Waals surface area contributed by atoms with E-state index in [-0.39, 0.29) is 22.0 Å². The highest BCUT2D eigenvalue weighted by Gasteiger charge is 2.26. The lowest BCUT2D eigenvalue weighted by molar-refractivity contribution is 0.390. The van der Waals surface area contributed by atoms with Gasteiger partial charge in [-0.15, -0.1) is 0 Å². The van der Waals surface area contributed by atoms with Crippen LogP contribution in [0.3, 0.4) is 0 Å². The van der Waals surface area contributed by atoms with E-state index in [1.165, 1.54) is 20.0 Å². The summed E-state index contributed by atoms with van der Waals surface area (Å²) in [5, 5.41) is 3.65. The summed E-state index contributed by atoms with van der Waals surface area (Å²) in [5.41, 5.74) is 1.54. The predicted octanol–water partition coefficient (Wildman–Crippen LogP) is 3.21. The van der Waals surface area contributed by atoms with Gasteiger partial charge in [0.15, 0.2) is 0 Å². The maximum absolute atomic E-state index is 13.4. The Morgan fingerprint density at radius 1 is 1.32 bits per heavy atom. The summed E-state index contributed by atoms with van der Waals surface area (Å²) < 4.78 is 44.9. The number of benzene rings is 1. The Kier molecular flexibility index (Phi) is 4.60. The average Bonchev–Trinajstić information content (AvgIpc) is 2.74. The van der Waals surface area contributed by atoms with Crippen molar-refractivity contribution in [3.63, 3.8) is 0 Å². The zero-order chi connectivity index (χ0) is 16.7. The van der Waals surface area contributed by atoms with Crippen molar-refractivity contribution < 1.29 is 17.3 Å². The van der Waals surface area contributed by atoms with Gasteiger partial charge in [0.05, 0.1) is 10.7 Å². The third-order valence-electron chi connectivity index (χ3n) is 3.46. The largest absolute Gasteiger partial charge is 0.361 e. The van der Waals surface area contributed by atoms with E-state index < -0.39 is 15.8 Å². The Bertz CT molecular complexity index is 798. The molecule has 0 saturated heterocycles. The van der Waals surface area contributed by atoms with Crippen LogP contribution in [0.2, 0.25) is 5.02 Å². The van der Waals surface area contributed by atoms with E-state index in [1.807, 2.05) is 0 Å². The number of halogens is 2. The van der Waals surface area contributed by atoms with Gasteiger partial charge in [0.25, 0.3) is 0 Å². The molecule has 0 aliphatic carbocycles. The lowest BCUT2D eigenvalue weighted by Gasteiger charge is -2.18. The van der Waals surface area contributed by atoms with Crippen LogP contribution in [-0.2, 0) is 16.6 Å². The summed E-state index contributed by atoms with van der Waals surface area (Å²) in [6, 6.07) is 2.24. The second-order valence-electron chi connectivity index (χ2n) is 5.10. The topological polar surface area (TPSA) is 63.4 Å². The standard InChI is InChI=1S/C14H16ClFN2O3S/c1-8-5-14(12(15)6-13(8)16)22(19,20)18(4)7-11-9(2)17-21-10(11)3/h5-6H,7H2,1-4H3. The van der Waals surface area contributed by atoms with Crippen molar-refractivity contribution in [2.45, 2.75) is 32.2 Å². The number of hydrogen-bond acceptors (Lipinski definition) is 4. The van der Waals surface area contributed by atoms with Crippen molar-refractivity contribution in [2.75, 3.05) is 7.05 Å². The third-order valence-corrected chi connectivity index (χ3v) is 5.73. The fraction of sp³-hybridized carbons (Fsp3) is 0.357. The van der Waals surface area contributed by atoms with Crippen molar-refractivity contribution in [3.05, 3.63) is 45.6 Å². The average molecular weight is 347 g/mol. The smallest absolute Gasteiger partial charge is 0.244 e. The fourth-order valence-corrected chi connectivity index (χ4v) is 3.74. The van der Waals surface area contributed by atoms with Gasteiger partial charge in [-0.1, -0.05) is 16.8 Å². The molecule has 0 fully saturated rings. The lowest BCUT2D eigenvalue weighted by atomic mass is 10.2. The first kappa shape index (κ1) is 16.9. The van der Waals surface area contributed by atoms with Crippen LogP contribution in [-0.4, -0.2) is 24.9 Å². The molecule has 1 heterocycles. The summed E-state index contributed by atoms with van der Waals surface area (Å²) in [6.07, 6.45) is 0. The molecule has 120 valence electrons. The van der Waals surface area contributed by atoms with Gasteiger partial charge in [-0.3, -0.25) is 0 Å². The van der Waals surface area contributed by atoms with Crippen molar-refractivity contribution in [1.82, 2.24) is 9.46 Å². The highest BCUT2D eigenvalue weighted by Crippen LogP contribution is 2.28. The summed E-state index contributed by atoms with van der Waals surface area (Å²) in [5.74, 6) is 0.0123. The summed E-state index contributed by atoms with van der Waals surface area (Å²) >= 11 is 5.90. The second-order valence-corrected chi connectivity index (χ2v) is 7.52. The van der Waals surface area contributed by atoms with Crippen molar-refractivity contribution in [1.29, 1.82) is 0 Å². The van der Waals surface area contributed by atoms with Crippen LogP contribution >= 0.6 is 11.6 Å². The van der Waals surface area contributed by atoms with E-state index in [0.29, 0.717) is 17.0 Å². The van der Waals surface area contributed by atoms with Gasteiger partial charge in [0, 0.05) is 19.2 Å². The molecule has 0 radical (unpaired) electrons. The molecule has 0 spiro atoms. The molecule has 0 bridgehead atoms. The molecule has 0 aliphatic rings. The summed E-state index contributed by atoms with van der Waals surface area (Å²) in [7, 11) is -2.43. The fourth-order valence-electron chi connectivity index (χ4n) is 2.03. The molecule has 0 N–H and O–H groups in total. The quantitative estimate of drug-likeness (QED) is 0.852. The van der Waals surface area contributed by atoms with Crippen LogP contribution in [0.25, 0.3) is 0 Å². The maximum atomic E-state index is 13.4. The molecule has 8 heteroatoms. The Hall–Kier alpha value is -1.44. The molecule has 0 aliphatic heterocycles.